The average Bonchev–Trinajstić information content (AvgIpc) is 1.85. The van der Waals surface area contributed by atoms with Crippen LogP contribution >= 0.6 is 34.2 Å². The lowest BCUT2D eigenvalue weighted by atomic mass is 10.3. The first-order valence-electron chi connectivity index (χ1n) is 2.71. The molecular formula is C6H3ClINO2. The van der Waals surface area contributed by atoms with Gasteiger partial charge in [-0.05, 0) is 34.7 Å². The third-order valence-electron chi connectivity index (χ3n) is 1.12. The van der Waals surface area contributed by atoms with Gasteiger partial charge in [-0.1, -0.05) is 17.7 Å². The van der Waals surface area contributed by atoms with Crippen LogP contribution in [0.3, 0.4) is 0 Å². The molecule has 3 nitrogen and oxygen atoms in total. The molecule has 0 aliphatic rings. The van der Waals surface area contributed by atoms with E-state index in [1.165, 1.54) is 6.07 Å². The van der Waals surface area contributed by atoms with Crippen molar-refractivity contribution in [3.05, 3.63) is 36.9 Å². The van der Waals surface area contributed by atoms with Gasteiger partial charge in [0.05, 0.1) is 8.49 Å². The predicted molar refractivity (Wildman–Crippen MR) is 50.8 cm³/mol. The van der Waals surface area contributed by atoms with Gasteiger partial charge in [-0.2, -0.15) is 0 Å². The Morgan fingerprint density at radius 3 is 2.55 bits per heavy atom. The van der Waals surface area contributed by atoms with Gasteiger partial charge in [-0.3, -0.25) is 10.1 Å². The van der Waals surface area contributed by atoms with E-state index < -0.39 is 4.92 Å². The van der Waals surface area contributed by atoms with Crippen LogP contribution in [0, 0.1) is 13.7 Å². The Hall–Kier alpha value is -0.360. The van der Waals surface area contributed by atoms with Gasteiger partial charge in [0.1, 0.15) is 5.02 Å². The summed E-state index contributed by atoms with van der Waals surface area (Å²) in [4.78, 5) is 9.88. The van der Waals surface area contributed by atoms with Gasteiger partial charge in [0.25, 0.3) is 0 Å². The van der Waals surface area contributed by atoms with E-state index in [2.05, 4.69) is 0 Å². The van der Waals surface area contributed by atoms with Crippen molar-refractivity contribution >= 4 is 39.9 Å². The van der Waals surface area contributed by atoms with Gasteiger partial charge in [-0.25, -0.2) is 0 Å². The first-order valence-corrected chi connectivity index (χ1v) is 4.17. The maximum atomic E-state index is 10.4. The van der Waals surface area contributed by atoms with Crippen LogP contribution in [0.2, 0.25) is 5.02 Å². The Bertz CT molecular complexity index is 282. The summed E-state index contributed by atoms with van der Waals surface area (Å²) >= 11 is 7.45. The molecule has 0 bridgehead atoms. The second kappa shape index (κ2) is 3.36. The maximum absolute atomic E-state index is 10.4. The summed E-state index contributed by atoms with van der Waals surface area (Å²) in [5.74, 6) is 0. The van der Waals surface area contributed by atoms with Gasteiger partial charge in [0.15, 0.2) is 0 Å². The highest BCUT2D eigenvalue weighted by Crippen LogP contribution is 2.28. The second-order valence-corrected chi connectivity index (χ2v) is 3.40. The zero-order valence-corrected chi connectivity index (χ0v) is 8.17. The molecule has 11 heavy (non-hydrogen) atoms. The van der Waals surface area contributed by atoms with Gasteiger partial charge in [0.2, 0.25) is 0 Å². The lowest BCUT2D eigenvalue weighted by Crippen LogP contribution is -1.91. The molecule has 0 amide bonds. The molecule has 1 aromatic rings. The van der Waals surface area contributed by atoms with Crippen LogP contribution in [0.5, 0.6) is 0 Å². The number of halogens is 2. The van der Waals surface area contributed by atoms with E-state index in [9.17, 15) is 10.1 Å². The highest BCUT2D eigenvalue weighted by molar-refractivity contribution is 14.1. The minimum absolute atomic E-state index is 0.0187. The largest absolute Gasteiger partial charge is 0.301 e. The molecule has 0 heterocycles. The number of rotatable bonds is 1. The molecule has 0 aliphatic carbocycles. The molecule has 0 aliphatic heterocycles. The van der Waals surface area contributed by atoms with E-state index in [0.29, 0.717) is 3.57 Å². The Morgan fingerprint density at radius 2 is 2.18 bits per heavy atom. The van der Waals surface area contributed by atoms with Crippen LogP contribution in [-0.4, -0.2) is 4.92 Å². The molecule has 0 N–H and O–H groups in total. The zero-order valence-electron chi connectivity index (χ0n) is 5.25. The first kappa shape index (κ1) is 8.73. The molecule has 0 fully saturated rings. The SMILES string of the molecule is O=[N+]([O-])c1c(Cl)cccc1I. The summed E-state index contributed by atoms with van der Waals surface area (Å²) in [7, 11) is 0. The highest BCUT2D eigenvalue weighted by Gasteiger charge is 2.15. The van der Waals surface area contributed by atoms with Gasteiger partial charge in [-0.15, -0.1) is 0 Å². The molecule has 5 heteroatoms. The van der Waals surface area contributed by atoms with Crippen molar-refractivity contribution in [1.82, 2.24) is 0 Å². The van der Waals surface area contributed by atoms with Crippen LogP contribution in [0.4, 0.5) is 5.69 Å². The van der Waals surface area contributed by atoms with Crippen LogP contribution < -0.4 is 0 Å². The van der Waals surface area contributed by atoms with Gasteiger partial charge < -0.3 is 0 Å². The average molecular weight is 283 g/mol. The zero-order chi connectivity index (χ0) is 8.43. The molecule has 58 valence electrons. The standard InChI is InChI=1S/C6H3ClINO2/c7-4-2-1-3-5(8)6(4)9(10)11/h1-3H. The molecule has 1 rings (SSSR count). The smallest absolute Gasteiger partial charge is 0.258 e. The third kappa shape index (κ3) is 1.81. The lowest BCUT2D eigenvalue weighted by molar-refractivity contribution is -0.385. The van der Waals surface area contributed by atoms with Crippen LogP contribution in [0.25, 0.3) is 0 Å². The van der Waals surface area contributed by atoms with Crippen LogP contribution in [0.15, 0.2) is 18.2 Å². The Morgan fingerprint density at radius 1 is 1.55 bits per heavy atom. The fraction of sp³-hybridized carbons (Fsp3) is 0. The fourth-order valence-corrected chi connectivity index (χ4v) is 1.76. The molecule has 0 saturated carbocycles. The molecule has 1 aromatic carbocycles. The fourth-order valence-electron chi connectivity index (χ4n) is 0.663. The van der Waals surface area contributed by atoms with Crippen molar-refractivity contribution in [1.29, 1.82) is 0 Å². The van der Waals surface area contributed by atoms with Crippen LogP contribution in [0.1, 0.15) is 0 Å². The summed E-state index contributed by atoms with van der Waals surface area (Å²) in [6, 6.07) is 4.82. The quantitative estimate of drug-likeness (QED) is 0.452. The molecule has 0 radical (unpaired) electrons. The summed E-state index contributed by atoms with van der Waals surface area (Å²) in [5.41, 5.74) is -0.0187. The van der Waals surface area contributed by atoms with E-state index in [1.54, 1.807) is 12.1 Å². The summed E-state index contributed by atoms with van der Waals surface area (Å²) in [6.45, 7) is 0. The van der Waals surface area contributed by atoms with Crippen molar-refractivity contribution in [2.45, 2.75) is 0 Å². The number of benzene rings is 1. The van der Waals surface area contributed by atoms with Crippen molar-refractivity contribution in [3.63, 3.8) is 0 Å². The molecule has 0 spiro atoms. The maximum Gasteiger partial charge on any atom is 0.301 e. The predicted octanol–water partition coefficient (Wildman–Crippen LogP) is 2.85. The van der Waals surface area contributed by atoms with E-state index in [0.717, 1.165) is 0 Å². The van der Waals surface area contributed by atoms with E-state index >= 15 is 0 Å². The van der Waals surface area contributed by atoms with E-state index in [-0.39, 0.29) is 10.7 Å². The van der Waals surface area contributed by atoms with Crippen molar-refractivity contribution in [2.24, 2.45) is 0 Å². The Labute approximate surface area is 81.6 Å². The molecule has 0 unspecified atom stereocenters. The van der Waals surface area contributed by atoms with E-state index in [1.807, 2.05) is 22.6 Å². The van der Waals surface area contributed by atoms with Gasteiger partial charge in [0, 0.05) is 0 Å². The Kier molecular flexibility index (Phi) is 2.67. The second-order valence-electron chi connectivity index (χ2n) is 1.83. The normalized spacial score (nSPS) is 9.64. The monoisotopic (exact) mass is 283 g/mol. The summed E-state index contributed by atoms with van der Waals surface area (Å²) in [6.07, 6.45) is 0. The first-order chi connectivity index (χ1) is 5.13. The van der Waals surface area contributed by atoms with E-state index in [4.69, 9.17) is 11.6 Å². The van der Waals surface area contributed by atoms with Crippen molar-refractivity contribution in [3.8, 4) is 0 Å². The number of nitro benzene ring substituents is 1. The lowest BCUT2D eigenvalue weighted by Gasteiger charge is -1.95. The molecule has 0 aromatic heterocycles. The highest BCUT2D eigenvalue weighted by atomic mass is 127. The minimum atomic E-state index is -0.482. The Balaban J connectivity index is 3.32. The third-order valence-corrected chi connectivity index (χ3v) is 2.30. The number of para-hydroxylation sites is 1. The number of hydrogen-bond acceptors (Lipinski definition) is 2. The number of nitro groups is 1. The number of hydrogen-bond donors (Lipinski definition) is 0. The molecule has 0 saturated heterocycles. The topological polar surface area (TPSA) is 43.1 Å². The molecule has 0 atom stereocenters. The minimum Gasteiger partial charge on any atom is -0.258 e. The molecular weight excluding hydrogens is 280 g/mol. The van der Waals surface area contributed by atoms with Crippen LogP contribution in [-0.2, 0) is 0 Å². The number of nitrogens with zero attached hydrogens (tertiary/aromatic N) is 1. The summed E-state index contributed by atoms with van der Waals surface area (Å²) < 4.78 is 0.556. The van der Waals surface area contributed by atoms with Gasteiger partial charge >= 0.3 is 5.69 Å². The van der Waals surface area contributed by atoms with Crippen molar-refractivity contribution in [2.75, 3.05) is 0 Å². The summed E-state index contributed by atoms with van der Waals surface area (Å²) in [5, 5.41) is 10.5. The van der Waals surface area contributed by atoms with Crippen molar-refractivity contribution < 1.29 is 4.92 Å².